The summed E-state index contributed by atoms with van der Waals surface area (Å²) in [6.07, 6.45) is 1.96. The van der Waals surface area contributed by atoms with Crippen molar-refractivity contribution in [2.45, 2.75) is 33.6 Å². The molecule has 0 aliphatic carbocycles. The van der Waals surface area contributed by atoms with E-state index in [-0.39, 0.29) is 0 Å². The number of nitrogens with one attached hydrogen (secondary N) is 1. The lowest BCUT2D eigenvalue weighted by atomic mass is 10.1. The van der Waals surface area contributed by atoms with Crippen LogP contribution in [0.15, 0.2) is 18.2 Å². The van der Waals surface area contributed by atoms with E-state index in [1.807, 2.05) is 25.1 Å². The minimum Gasteiger partial charge on any atom is -0.481 e. The van der Waals surface area contributed by atoms with Gasteiger partial charge < -0.3 is 10.1 Å². The Labute approximate surface area is 125 Å². The van der Waals surface area contributed by atoms with E-state index in [0.29, 0.717) is 11.7 Å². The van der Waals surface area contributed by atoms with Gasteiger partial charge in [-0.15, -0.1) is 0 Å². The molecule has 2 heterocycles. The SMILES string of the molecule is CCCNc1nc(-c2cccc(OC)n2)nc(C)c1CC. The van der Waals surface area contributed by atoms with Crippen molar-refractivity contribution in [3.05, 3.63) is 29.5 Å². The summed E-state index contributed by atoms with van der Waals surface area (Å²) >= 11 is 0. The normalized spacial score (nSPS) is 10.5. The van der Waals surface area contributed by atoms with Crippen LogP contribution in [0.2, 0.25) is 0 Å². The molecule has 0 spiro atoms. The zero-order valence-corrected chi connectivity index (χ0v) is 13.1. The van der Waals surface area contributed by atoms with Crippen LogP contribution in [-0.2, 0) is 6.42 Å². The average Bonchev–Trinajstić information content (AvgIpc) is 2.52. The van der Waals surface area contributed by atoms with Gasteiger partial charge in [0.25, 0.3) is 0 Å². The second-order valence-corrected chi connectivity index (χ2v) is 4.81. The van der Waals surface area contributed by atoms with Crippen LogP contribution < -0.4 is 10.1 Å². The number of ether oxygens (including phenoxy) is 1. The van der Waals surface area contributed by atoms with E-state index >= 15 is 0 Å². The van der Waals surface area contributed by atoms with Crippen LogP contribution in [0.5, 0.6) is 5.88 Å². The van der Waals surface area contributed by atoms with Crippen molar-refractivity contribution in [1.29, 1.82) is 0 Å². The molecule has 0 atom stereocenters. The molecule has 5 heteroatoms. The van der Waals surface area contributed by atoms with Crippen LogP contribution in [-0.4, -0.2) is 28.6 Å². The van der Waals surface area contributed by atoms with Gasteiger partial charge in [-0.1, -0.05) is 19.9 Å². The number of aryl methyl sites for hydroxylation is 1. The van der Waals surface area contributed by atoms with E-state index in [0.717, 1.165) is 42.2 Å². The largest absolute Gasteiger partial charge is 0.481 e. The fourth-order valence-electron chi connectivity index (χ4n) is 2.18. The van der Waals surface area contributed by atoms with Gasteiger partial charge in [-0.25, -0.2) is 15.0 Å². The number of aromatic nitrogens is 3. The van der Waals surface area contributed by atoms with E-state index in [1.165, 1.54) is 0 Å². The highest BCUT2D eigenvalue weighted by Gasteiger charge is 2.12. The topological polar surface area (TPSA) is 59.9 Å². The van der Waals surface area contributed by atoms with Gasteiger partial charge in [-0.2, -0.15) is 0 Å². The highest BCUT2D eigenvalue weighted by molar-refractivity contribution is 5.57. The van der Waals surface area contributed by atoms with E-state index in [1.54, 1.807) is 7.11 Å². The van der Waals surface area contributed by atoms with Gasteiger partial charge in [0.15, 0.2) is 5.82 Å². The van der Waals surface area contributed by atoms with E-state index in [4.69, 9.17) is 4.74 Å². The molecule has 0 radical (unpaired) electrons. The molecule has 0 amide bonds. The molecular weight excluding hydrogens is 264 g/mol. The number of methoxy groups -OCH3 is 1. The van der Waals surface area contributed by atoms with Crippen LogP contribution >= 0.6 is 0 Å². The van der Waals surface area contributed by atoms with Gasteiger partial charge in [-0.05, 0) is 25.8 Å². The molecule has 0 saturated carbocycles. The van der Waals surface area contributed by atoms with Crippen molar-refractivity contribution >= 4 is 5.82 Å². The van der Waals surface area contributed by atoms with Crippen molar-refractivity contribution in [2.24, 2.45) is 0 Å². The molecule has 5 nitrogen and oxygen atoms in total. The lowest BCUT2D eigenvalue weighted by Crippen LogP contribution is -2.09. The Morgan fingerprint density at radius 1 is 1.14 bits per heavy atom. The number of rotatable bonds is 6. The maximum Gasteiger partial charge on any atom is 0.213 e. The quantitative estimate of drug-likeness (QED) is 0.883. The average molecular weight is 286 g/mol. The standard InChI is InChI=1S/C16H22N4O/c1-5-10-17-15-12(6-2)11(3)18-16(20-15)13-8-7-9-14(19-13)21-4/h7-9H,5-6,10H2,1-4H3,(H,17,18,20). The Morgan fingerprint density at radius 2 is 1.95 bits per heavy atom. The monoisotopic (exact) mass is 286 g/mol. The molecule has 0 aliphatic heterocycles. The number of hydrogen-bond donors (Lipinski definition) is 1. The van der Waals surface area contributed by atoms with Gasteiger partial charge in [0.1, 0.15) is 11.5 Å². The molecule has 0 unspecified atom stereocenters. The Kier molecular flexibility index (Phi) is 5.09. The van der Waals surface area contributed by atoms with Crippen molar-refractivity contribution in [3.63, 3.8) is 0 Å². The predicted molar refractivity (Wildman–Crippen MR) is 84.7 cm³/mol. The van der Waals surface area contributed by atoms with Crippen LogP contribution in [0.1, 0.15) is 31.5 Å². The second kappa shape index (κ2) is 7.02. The highest BCUT2D eigenvalue weighted by atomic mass is 16.5. The van der Waals surface area contributed by atoms with Crippen molar-refractivity contribution in [3.8, 4) is 17.4 Å². The first-order valence-electron chi connectivity index (χ1n) is 7.32. The fraction of sp³-hybridized carbons (Fsp3) is 0.438. The summed E-state index contributed by atoms with van der Waals surface area (Å²) in [4.78, 5) is 13.6. The lowest BCUT2D eigenvalue weighted by Gasteiger charge is -2.13. The first-order valence-corrected chi connectivity index (χ1v) is 7.32. The molecule has 0 fully saturated rings. The number of pyridine rings is 1. The first-order chi connectivity index (χ1) is 10.2. The predicted octanol–water partition coefficient (Wildman–Crippen LogP) is 3.24. The van der Waals surface area contributed by atoms with Crippen LogP contribution in [0.3, 0.4) is 0 Å². The van der Waals surface area contributed by atoms with E-state index < -0.39 is 0 Å². The van der Waals surface area contributed by atoms with Gasteiger partial charge in [-0.3, -0.25) is 0 Å². The smallest absolute Gasteiger partial charge is 0.213 e. The molecule has 1 N–H and O–H groups in total. The Bertz CT molecular complexity index is 613. The number of anilines is 1. The third kappa shape index (κ3) is 3.48. The van der Waals surface area contributed by atoms with Crippen molar-refractivity contribution < 1.29 is 4.74 Å². The molecule has 0 bridgehead atoms. The van der Waals surface area contributed by atoms with E-state index in [9.17, 15) is 0 Å². The van der Waals surface area contributed by atoms with Crippen LogP contribution in [0.25, 0.3) is 11.5 Å². The van der Waals surface area contributed by atoms with Crippen LogP contribution in [0.4, 0.5) is 5.82 Å². The molecule has 0 aliphatic rings. The third-order valence-electron chi connectivity index (χ3n) is 3.27. The zero-order chi connectivity index (χ0) is 15.2. The summed E-state index contributed by atoms with van der Waals surface area (Å²) in [5.41, 5.74) is 2.88. The maximum absolute atomic E-state index is 5.16. The molecule has 0 aromatic carbocycles. The Morgan fingerprint density at radius 3 is 2.62 bits per heavy atom. The van der Waals surface area contributed by atoms with Gasteiger partial charge in [0.2, 0.25) is 5.88 Å². The Balaban J connectivity index is 2.46. The van der Waals surface area contributed by atoms with Crippen LogP contribution in [0, 0.1) is 6.92 Å². The number of hydrogen-bond acceptors (Lipinski definition) is 5. The van der Waals surface area contributed by atoms with Gasteiger partial charge >= 0.3 is 0 Å². The minimum atomic E-state index is 0.566. The van der Waals surface area contributed by atoms with Crippen molar-refractivity contribution in [2.75, 3.05) is 19.0 Å². The minimum absolute atomic E-state index is 0.566. The molecule has 0 saturated heterocycles. The number of nitrogens with zero attached hydrogens (tertiary/aromatic N) is 3. The summed E-state index contributed by atoms with van der Waals surface area (Å²) in [6, 6.07) is 5.60. The molecule has 2 rings (SSSR count). The Hall–Kier alpha value is -2.17. The maximum atomic E-state index is 5.16. The second-order valence-electron chi connectivity index (χ2n) is 4.81. The fourth-order valence-corrected chi connectivity index (χ4v) is 2.18. The summed E-state index contributed by atoms with van der Waals surface area (Å²) in [5, 5.41) is 3.38. The molecule has 2 aromatic heterocycles. The van der Waals surface area contributed by atoms with Gasteiger partial charge in [0.05, 0.1) is 7.11 Å². The molecule has 21 heavy (non-hydrogen) atoms. The summed E-state index contributed by atoms with van der Waals surface area (Å²) < 4.78 is 5.16. The molecule has 2 aromatic rings. The summed E-state index contributed by atoms with van der Waals surface area (Å²) in [6.45, 7) is 7.17. The third-order valence-corrected chi connectivity index (χ3v) is 3.27. The van der Waals surface area contributed by atoms with E-state index in [2.05, 4.69) is 34.1 Å². The zero-order valence-electron chi connectivity index (χ0n) is 13.1. The van der Waals surface area contributed by atoms with Gasteiger partial charge in [0, 0.05) is 23.9 Å². The summed E-state index contributed by atoms with van der Waals surface area (Å²) in [7, 11) is 1.60. The molecule has 112 valence electrons. The highest BCUT2D eigenvalue weighted by Crippen LogP contribution is 2.23. The first kappa shape index (κ1) is 15.2. The lowest BCUT2D eigenvalue weighted by molar-refractivity contribution is 0.398. The summed E-state index contributed by atoms with van der Waals surface area (Å²) in [5.74, 6) is 2.10. The molecular formula is C16H22N4O. The van der Waals surface area contributed by atoms with Crippen molar-refractivity contribution in [1.82, 2.24) is 15.0 Å².